The number of rotatable bonds is 9. The van der Waals surface area contributed by atoms with Crippen molar-refractivity contribution in [2.24, 2.45) is 0 Å². The number of furan rings is 1. The van der Waals surface area contributed by atoms with Crippen LogP contribution in [0.1, 0.15) is 23.3 Å². The number of carbonyl (C=O) groups is 1. The lowest BCUT2D eigenvalue weighted by molar-refractivity contribution is -0.118. The van der Waals surface area contributed by atoms with Crippen molar-refractivity contribution in [3.05, 3.63) is 71.7 Å². The van der Waals surface area contributed by atoms with Gasteiger partial charge in [0, 0.05) is 12.1 Å². The van der Waals surface area contributed by atoms with Crippen LogP contribution in [0.25, 0.3) is 0 Å². The number of hydrogen-bond donors (Lipinski definition) is 0. The molecule has 6 nitrogen and oxygen atoms in total. The van der Waals surface area contributed by atoms with Crippen molar-refractivity contribution in [2.75, 3.05) is 26.2 Å². The van der Waals surface area contributed by atoms with Gasteiger partial charge in [-0.3, -0.25) is 4.79 Å². The zero-order chi connectivity index (χ0) is 21.5. The van der Waals surface area contributed by atoms with Gasteiger partial charge in [0.05, 0.1) is 34.1 Å². The highest BCUT2D eigenvalue weighted by Crippen LogP contribution is 2.38. The van der Waals surface area contributed by atoms with Gasteiger partial charge >= 0.3 is 0 Å². The third-order valence-electron chi connectivity index (χ3n) is 4.89. The second kappa shape index (κ2) is 9.87. The summed E-state index contributed by atoms with van der Waals surface area (Å²) in [5, 5.41) is 0. The van der Waals surface area contributed by atoms with Gasteiger partial charge in [0.15, 0.2) is 11.5 Å². The molecule has 1 heterocycles. The van der Waals surface area contributed by atoms with E-state index in [2.05, 4.69) is 0 Å². The first-order valence-corrected chi connectivity index (χ1v) is 9.74. The Balaban J connectivity index is 1.79. The molecule has 158 valence electrons. The van der Waals surface area contributed by atoms with Crippen LogP contribution in [-0.4, -0.2) is 27.2 Å². The molecule has 0 aliphatic carbocycles. The largest absolute Gasteiger partial charge is 0.493 e. The van der Waals surface area contributed by atoms with Gasteiger partial charge in [-0.05, 0) is 55.3 Å². The second-order valence-electron chi connectivity index (χ2n) is 6.93. The molecular formula is C24H27NO5. The van der Waals surface area contributed by atoms with Crippen LogP contribution in [0.4, 0.5) is 5.69 Å². The van der Waals surface area contributed by atoms with Gasteiger partial charge in [-0.25, -0.2) is 0 Å². The highest BCUT2D eigenvalue weighted by Gasteiger charge is 2.19. The second-order valence-corrected chi connectivity index (χ2v) is 6.93. The van der Waals surface area contributed by atoms with Crippen molar-refractivity contribution >= 4 is 11.6 Å². The van der Waals surface area contributed by atoms with Crippen molar-refractivity contribution < 1.29 is 23.4 Å². The normalized spacial score (nSPS) is 10.5. The Morgan fingerprint density at radius 1 is 0.967 bits per heavy atom. The molecular weight excluding hydrogens is 382 g/mol. The molecule has 2 aromatic carbocycles. The topological polar surface area (TPSA) is 61.1 Å². The Morgan fingerprint density at radius 3 is 2.17 bits per heavy atom. The molecule has 3 aromatic rings. The Labute approximate surface area is 177 Å². The number of aryl methyl sites for hydroxylation is 2. The first-order chi connectivity index (χ1) is 14.5. The zero-order valence-corrected chi connectivity index (χ0v) is 17.8. The Bertz CT molecular complexity index is 939. The zero-order valence-electron chi connectivity index (χ0n) is 17.8. The molecule has 0 aliphatic rings. The molecule has 0 fully saturated rings. The van der Waals surface area contributed by atoms with Gasteiger partial charge in [-0.15, -0.1) is 0 Å². The van der Waals surface area contributed by atoms with E-state index in [1.165, 1.54) is 0 Å². The van der Waals surface area contributed by atoms with E-state index in [-0.39, 0.29) is 5.91 Å². The van der Waals surface area contributed by atoms with Crippen LogP contribution in [0.3, 0.4) is 0 Å². The molecule has 30 heavy (non-hydrogen) atoms. The third-order valence-corrected chi connectivity index (χ3v) is 4.89. The van der Waals surface area contributed by atoms with Crippen LogP contribution in [-0.2, 0) is 17.8 Å². The van der Waals surface area contributed by atoms with Gasteiger partial charge in [0.2, 0.25) is 11.7 Å². The standard InChI is InChI=1S/C24H27NO5/c1-17-7-10-19(11-8-17)25(16-20-6-5-13-30-20)23(26)12-9-18-14-21(27-2)24(29-4)22(15-18)28-3/h5-8,10-11,13-15H,9,12,16H2,1-4H3. The van der Waals surface area contributed by atoms with Crippen molar-refractivity contribution in [2.45, 2.75) is 26.3 Å². The van der Waals surface area contributed by atoms with Crippen molar-refractivity contribution in [3.8, 4) is 17.2 Å². The van der Waals surface area contributed by atoms with Crippen LogP contribution >= 0.6 is 0 Å². The van der Waals surface area contributed by atoms with Crippen LogP contribution in [0.5, 0.6) is 17.2 Å². The Kier molecular flexibility index (Phi) is 7.01. The summed E-state index contributed by atoms with van der Waals surface area (Å²) in [6, 6.07) is 15.3. The summed E-state index contributed by atoms with van der Waals surface area (Å²) in [6.45, 7) is 2.40. The van der Waals surface area contributed by atoms with Crippen LogP contribution in [0.2, 0.25) is 0 Å². The Morgan fingerprint density at radius 2 is 1.63 bits per heavy atom. The minimum Gasteiger partial charge on any atom is -0.493 e. The highest BCUT2D eigenvalue weighted by molar-refractivity contribution is 5.93. The number of ether oxygens (including phenoxy) is 3. The molecule has 0 aliphatic heterocycles. The van der Waals surface area contributed by atoms with E-state index < -0.39 is 0 Å². The smallest absolute Gasteiger partial charge is 0.227 e. The van der Waals surface area contributed by atoms with Gasteiger partial charge < -0.3 is 23.5 Å². The molecule has 6 heteroatoms. The van der Waals surface area contributed by atoms with E-state index in [0.29, 0.717) is 36.6 Å². The number of nitrogens with zero attached hydrogens (tertiary/aromatic N) is 1. The van der Waals surface area contributed by atoms with E-state index >= 15 is 0 Å². The van der Waals surface area contributed by atoms with E-state index in [9.17, 15) is 4.79 Å². The first-order valence-electron chi connectivity index (χ1n) is 9.74. The minimum atomic E-state index is 0.00371. The first kappa shape index (κ1) is 21.3. The van der Waals surface area contributed by atoms with Crippen LogP contribution < -0.4 is 19.1 Å². The number of carbonyl (C=O) groups excluding carboxylic acids is 1. The lowest BCUT2D eigenvalue weighted by atomic mass is 10.1. The quantitative estimate of drug-likeness (QED) is 0.509. The maximum atomic E-state index is 13.2. The van der Waals surface area contributed by atoms with Gasteiger partial charge in [-0.2, -0.15) is 0 Å². The average Bonchev–Trinajstić information content (AvgIpc) is 3.29. The maximum absolute atomic E-state index is 13.2. The van der Waals surface area contributed by atoms with Gasteiger partial charge in [-0.1, -0.05) is 17.7 Å². The van der Waals surface area contributed by atoms with Crippen molar-refractivity contribution in [1.82, 2.24) is 0 Å². The van der Waals surface area contributed by atoms with E-state index in [0.717, 1.165) is 22.6 Å². The Hall–Kier alpha value is -3.41. The monoisotopic (exact) mass is 409 g/mol. The number of anilines is 1. The van der Waals surface area contributed by atoms with E-state index in [1.54, 1.807) is 32.5 Å². The van der Waals surface area contributed by atoms with Crippen LogP contribution in [0.15, 0.2) is 59.2 Å². The van der Waals surface area contributed by atoms with E-state index in [1.807, 2.05) is 55.5 Å². The number of hydrogen-bond acceptors (Lipinski definition) is 5. The van der Waals surface area contributed by atoms with Gasteiger partial charge in [0.1, 0.15) is 5.76 Å². The maximum Gasteiger partial charge on any atom is 0.227 e. The average molecular weight is 409 g/mol. The summed E-state index contributed by atoms with van der Waals surface area (Å²) in [7, 11) is 4.72. The third kappa shape index (κ3) is 4.95. The molecule has 0 bridgehead atoms. The van der Waals surface area contributed by atoms with Crippen molar-refractivity contribution in [1.29, 1.82) is 0 Å². The summed E-state index contributed by atoms with van der Waals surface area (Å²) in [6.07, 6.45) is 2.48. The predicted octanol–water partition coefficient (Wildman–Crippen LogP) is 4.78. The summed E-state index contributed by atoms with van der Waals surface area (Å²) in [5.41, 5.74) is 2.91. The van der Waals surface area contributed by atoms with Crippen LogP contribution in [0, 0.1) is 6.92 Å². The predicted molar refractivity (Wildman–Crippen MR) is 115 cm³/mol. The fourth-order valence-corrected chi connectivity index (χ4v) is 3.27. The number of benzene rings is 2. The molecule has 3 rings (SSSR count). The SMILES string of the molecule is COc1cc(CCC(=O)N(Cc2ccco2)c2ccc(C)cc2)cc(OC)c1OC. The molecule has 0 unspecified atom stereocenters. The molecule has 0 saturated carbocycles. The summed E-state index contributed by atoms with van der Waals surface area (Å²) in [4.78, 5) is 14.9. The molecule has 0 spiro atoms. The van der Waals surface area contributed by atoms with Gasteiger partial charge in [0.25, 0.3) is 0 Å². The lowest BCUT2D eigenvalue weighted by Crippen LogP contribution is -2.30. The van der Waals surface area contributed by atoms with E-state index in [4.69, 9.17) is 18.6 Å². The molecule has 0 N–H and O–H groups in total. The molecule has 0 atom stereocenters. The summed E-state index contributed by atoms with van der Waals surface area (Å²) >= 11 is 0. The highest BCUT2D eigenvalue weighted by atomic mass is 16.5. The van der Waals surface area contributed by atoms with Crippen molar-refractivity contribution in [3.63, 3.8) is 0 Å². The minimum absolute atomic E-state index is 0.00371. The fraction of sp³-hybridized carbons (Fsp3) is 0.292. The molecule has 0 radical (unpaired) electrons. The molecule has 1 aromatic heterocycles. The number of amides is 1. The molecule has 0 saturated heterocycles. The lowest BCUT2D eigenvalue weighted by Gasteiger charge is -2.22. The number of methoxy groups -OCH3 is 3. The summed E-state index contributed by atoms with van der Waals surface area (Å²) in [5.74, 6) is 2.42. The summed E-state index contributed by atoms with van der Waals surface area (Å²) < 4.78 is 21.7. The fourth-order valence-electron chi connectivity index (χ4n) is 3.27. The molecule has 1 amide bonds.